The van der Waals surface area contributed by atoms with Crippen LogP contribution in [-0.4, -0.2) is 6.54 Å². The molecule has 0 atom stereocenters. The van der Waals surface area contributed by atoms with Crippen LogP contribution in [0.2, 0.25) is 0 Å². The molecule has 0 aromatic heterocycles. The Hall–Kier alpha value is -0.0400. The summed E-state index contributed by atoms with van der Waals surface area (Å²) in [5.74, 6) is 3.15. The van der Waals surface area contributed by atoms with Gasteiger partial charge in [0.05, 0.1) is 0 Å². The van der Waals surface area contributed by atoms with Crippen molar-refractivity contribution in [1.82, 2.24) is 0 Å². The summed E-state index contributed by atoms with van der Waals surface area (Å²) >= 11 is 0. The van der Waals surface area contributed by atoms with E-state index in [0.29, 0.717) is 0 Å². The van der Waals surface area contributed by atoms with E-state index in [1.165, 1.54) is 64.2 Å². The second-order valence-corrected chi connectivity index (χ2v) is 5.76. The Labute approximate surface area is 94.8 Å². The van der Waals surface area contributed by atoms with Gasteiger partial charge in [0.1, 0.15) is 0 Å². The second-order valence-electron chi connectivity index (χ2n) is 5.76. The van der Waals surface area contributed by atoms with Crippen LogP contribution in [0.25, 0.3) is 0 Å². The molecule has 1 heteroatoms. The van der Waals surface area contributed by atoms with E-state index in [1.807, 2.05) is 0 Å². The summed E-state index contributed by atoms with van der Waals surface area (Å²) < 4.78 is 0. The van der Waals surface area contributed by atoms with Gasteiger partial charge in [0.15, 0.2) is 0 Å². The maximum absolute atomic E-state index is 5.64. The van der Waals surface area contributed by atoms with Crippen molar-refractivity contribution in [3.63, 3.8) is 0 Å². The monoisotopic (exact) mass is 209 g/mol. The molecule has 0 unspecified atom stereocenters. The van der Waals surface area contributed by atoms with E-state index >= 15 is 0 Å². The van der Waals surface area contributed by atoms with E-state index in [1.54, 1.807) is 0 Å². The molecule has 0 radical (unpaired) electrons. The minimum Gasteiger partial charge on any atom is -0.330 e. The molecular weight excluding hydrogens is 182 g/mol. The molecule has 2 aliphatic carbocycles. The molecule has 0 aromatic carbocycles. The van der Waals surface area contributed by atoms with Crippen molar-refractivity contribution in [3.8, 4) is 0 Å². The molecule has 2 rings (SSSR count). The van der Waals surface area contributed by atoms with Gasteiger partial charge in [-0.3, -0.25) is 0 Å². The molecule has 0 bridgehead atoms. The molecule has 1 nitrogen and oxygen atoms in total. The Morgan fingerprint density at radius 3 is 1.93 bits per heavy atom. The average molecular weight is 209 g/mol. The molecule has 2 aliphatic rings. The molecule has 0 aromatic rings. The molecule has 88 valence electrons. The van der Waals surface area contributed by atoms with E-state index in [-0.39, 0.29) is 0 Å². The van der Waals surface area contributed by atoms with E-state index < -0.39 is 0 Å². The highest BCUT2D eigenvalue weighted by Crippen LogP contribution is 2.40. The van der Waals surface area contributed by atoms with Crippen LogP contribution in [0, 0.1) is 17.8 Å². The fourth-order valence-electron chi connectivity index (χ4n) is 3.79. The molecule has 0 aliphatic heterocycles. The molecule has 2 fully saturated rings. The molecule has 15 heavy (non-hydrogen) atoms. The van der Waals surface area contributed by atoms with Gasteiger partial charge in [0.25, 0.3) is 0 Å². The fourth-order valence-corrected chi connectivity index (χ4v) is 3.79. The van der Waals surface area contributed by atoms with Crippen LogP contribution in [0.3, 0.4) is 0 Å². The largest absolute Gasteiger partial charge is 0.330 e. The highest BCUT2D eigenvalue weighted by molar-refractivity contribution is 4.79. The molecule has 0 saturated heterocycles. The Morgan fingerprint density at radius 2 is 1.33 bits per heavy atom. The smallest absolute Gasteiger partial charge is 0.00746 e. The van der Waals surface area contributed by atoms with Gasteiger partial charge in [0.2, 0.25) is 0 Å². The highest BCUT2D eigenvalue weighted by atomic mass is 14.5. The van der Waals surface area contributed by atoms with Crippen molar-refractivity contribution >= 4 is 0 Å². The summed E-state index contributed by atoms with van der Waals surface area (Å²) in [7, 11) is 0. The number of nitrogens with two attached hydrogens (primary N) is 1. The minimum atomic E-state index is 0.902. The first-order valence-electron chi connectivity index (χ1n) is 7.10. The standard InChI is InChI=1S/C14H27N/c15-11-10-12-6-8-14(9-7-12)13-4-2-1-3-5-13/h12-14H,1-11,15H2. The third-order valence-electron chi connectivity index (χ3n) is 4.78. The summed E-state index contributed by atoms with van der Waals surface area (Å²) in [6, 6.07) is 0. The van der Waals surface area contributed by atoms with Crippen LogP contribution in [0.1, 0.15) is 64.2 Å². The van der Waals surface area contributed by atoms with Crippen molar-refractivity contribution < 1.29 is 0 Å². The van der Waals surface area contributed by atoms with Crippen LogP contribution >= 0.6 is 0 Å². The van der Waals surface area contributed by atoms with Crippen molar-refractivity contribution in [1.29, 1.82) is 0 Å². The highest BCUT2D eigenvalue weighted by Gasteiger charge is 2.27. The lowest BCUT2D eigenvalue weighted by Crippen LogP contribution is -2.24. The average Bonchev–Trinajstić information content (AvgIpc) is 2.32. The molecule has 0 heterocycles. The summed E-state index contributed by atoms with van der Waals surface area (Å²) in [5.41, 5.74) is 5.64. The van der Waals surface area contributed by atoms with Gasteiger partial charge in [-0.15, -0.1) is 0 Å². The molecule has 2 saturated carbocycles. The van der Waals surface area contributed by atoms with E-state index in [2.05, 4.69) is 0 Å². The first-order valence-corrected chi connectivity index (χ1v) is 7.10. The van der Waals surface area contributed by atoms with Gasteiger partial charge in [-0.1, -0.05) is 44.9 Å². The Kier molecular flexibility index (Phi) is 4.49. The summed E-state index contributed by atoms with van der Waals surface area (Å²) in [4.78, 5) is 0. The molecule has 0 amide bonds. The van der Waals surface area contributed by atoms with E-state index in [4.69, 9.17) is 5.73 Å². The van der Waals surface area contributed by atoms with Crippen LogP contribution < -0.4 is 5.73 Å². The zero-order valence-electron chi connectivity index (χ0n) is 10.1. The third kappa shape index (κ3) is 3.21. The fraction of sp³-hybridized carbons (Fsp3) is 1.00. The van der Waals surface area contributed by atoms with Crippen molar-refractivity contribution in [3.05, 3.63) is 0 Å². The van der Waals surface area contributed by atoms with Crippen molar-refractivity contribution in [2.75, 3.05) is 6.54 Å². The van der Waals surface area contributed by atoms with Crippen LogP contribution in [0.4, 0.5) is 0 Å². The van der Waals surface area contributed by atoms with Gasteiger partial charge < -0.3 is 5.73 Å². The number of hydrogen-bond donors (Lipinski definition) is 1. The van der Waals surface area contributed by atoms with Crippen LogP contribution in [-0.2, 0) is 0 Å². The third-order valence-corrected chi connectivity index (χ3v) is 4.78. The summed E-state index contributed by atoms with van der Waals surface area (Å²) in [6.45, 7) is 0.902. The topological polar surface area (TPSA) is 26.0 Å². The Balaban J connectivity index is 1.72. The van der Waals surface area contributed by atoms with Crippen LogP contribution in [0.5, 0.6) is 0 Å². The number of hydrogen-bond acceptors (Lipinski definition) is 1. The molecule has 2 N–H and O–H groups in total. The first-order chi connectivity index (χ1) is 7.40. The normalized spacial score (nSPS) is 34.2. The van der Waals surface area contributed by atoms with Gasteiger partial charge in [-0.2, -0.15) is 0 Å². The quantitative estimate of drug-likeness (QED) is 0.753. The SMILES string of the molecule is NCCC1CCC(C2CCCCC2)CC1. The van der Waals surface area contributed by atoms with Crippen molar-refractivity contribution in [2.45, 2.75) is 64.2 Å². The molecular formula is C14H27N. The lowest BCUT2D eigenvalue weighted by Gasteiger charge is -2.35. The summed E-state index contributed by atoms with van der Waals surface area (Å²) in [6.07, 6.45) is 14.8. The van der Waals surface area contributed by atoms with Gasteiger partial charge in [-0.05, 0) is 43.6 Å². The minimum absolute atomic E-state index is 0.902. The zero-order chi connectivity index (χ0) is 10.5. The predicted molar refractivity (Wildman–Crippen MR) is 65.7 cm³/mol. The second kappa shape index (κ2) is 5.89. The number of rotatable bonds is 3. The van der Waals surface area contributed by atoms with Crippen LogP contribution in [0.15, 0.2) is 0 Å². The Bertz CT molecular complexity index is 164. The lowest BCUT2D eigenvalue weighted by molar-refractivity contribution is 0.164. The first kappa shape index (κ1) is 11.4. The van der Waals surface area contributed by atoms with Crippen molar-refractivity contribution in [2.24, 2.45) is 23.5 Å². The summed E-state index contributed by atoms with van der Waals surface area (Å²) in [5, 5.41) is 0. The van der Waals surface area contributed by atoms with Gasteiger partial charge in [0, 0.05) is 0 Å². The zero-order valence-corrected chi connectivity index (χ0v) is 10.1. The van der Waals surface area contributed by atoms with Gasteiger partial charge >= 0.3 is 0 Å². The van der Waals surface area contributed by atoms with E-state index in [0.717, 1.165) is 24.3 Å². The van der Waals surface area contributed by atoms with E-state index in [9.17, 15) is 0 Å². The van der Waals surface area contributed by atoms with Gasteiger partial charge in [-0.25, -0.2) is 0 Å². The maximum Gasteiger partial charge on any atom is -0.00746 e. The molecule has 0 spiro atoms. The Morgan fingerprint density at radius 1 is 0.733 bits per heavy atom. The lowest BCUT2D eigenvalue weighted by atomic mass is 9.70. The maximum atomic E-state index is 5.64. The predicted octanol–water partition coefficient (Wildman–Crippen LogP) is 3.72.